The Labute approximate surface area is 156 Å². The molecule has 3 heterocycles. The first-order valence-corrected chi connectivity index (χ1v) is 9.13. The smallest absolute Gasteiger partial charge is 0.267 e. The van der Waals surface area contributed by atoms with Crippen LogP contribution in [0.25, 0.3) is 10.9 Å². The number of aromatic nitrogens is 2. The van der Waals surface area contributed by atoms with Gasteiger partial charge in [-0.1, -0.05) is 12.1 Å². The van der Waals surface area contributed by atoms with Crippen LogP contribution in [0.5, 0.6) is 11.5 Å². The molecule has 27 heavy (non-hydrogen) atoms. The van der Waals surface area contributed by atoms with E-state index in [2.05, 4.69) is 21.6 Å². The van der Waals surface area contributed by atoms with E-state index in [0.29, 0.717) is 24.6 Å². The molecular weight excluding hydrogens is 344 g/mol. The lowest BCUT2D eigenvalue weighted by Gasteiger charge is -2.28. The van der Waals surface area contributed by atoms with Gasteiger partial charge in [0.25, 0.3) is 5.91 Å². The summed E-state index contributed by atoms with van der Waals surface area (Å²) in [6.45, 7) is 1.62. The summed E-state index contributed by atoms with van der Waals surface area (Å²) >= 11 is 0. The average molecular weight is 364 g/mol. The van der Waals surface area contributed by atoms with Gasteiger partial charge >= 0.3 is 0 Å². The van der Waals surface area contributed by atoms with Crippen LogP contribution in [0.2, 0.25) is 0 Å². The monoisotopic (exact) mass is 364 g/mol. The maximum absolute atomic E-state index is 12.8. The van der Waals surface area contributed by atoms with Gasteiger partial charge in [0, 0.05) is 30.2 Å². The molecule has 3 aromatic rings. The Morgan fingerprint density at radius 1 is 1.22 bits per heavy atom. The number of nitrogens with one attached hydrogen (secondary N) is 2. The van der Waals surface area contributed by atoms with Crippen molar-refractivity contribution in [1.29, 1.82) is 0 Å². The summed E-state index contributed by atoms with van der Waals surface area (Å²) in [7, 11) is 0. The van der Waals surface area contributed by atoms with Gasteiger partial charge in [0.15, 0.2) is 11.5 Å². The number of para-hydroxylation sites is 2. The third-order valence-corrected chi connectivity index (χ3v) is 5.09. The number of fused-ring (bicyclic) bond motifs is 2. The summed E-state index contributed by atoms with van der Waals surface area (Å²) < 4.78 is 11.5. The molecule has 2 aliphatic rings. The number of carbonyl (C=O) groups excluding carboxylic acids is 1. The standard InChI is InChI=1S/C20H20N4O3/c25-20(19-12-26-17-3-1-2-4-18(17)27-19)24-8-7-15(11-24)22-14-5-6-16-13(9-14)10-21-23-16/h1-6,9-10,15,19,22H,7-8,11-12H2,(H,21,23). The summed E-state index contributed by atoms with van der Waals surface area (Å²) in [4.78, 5) is 14.7. The number of anilines is 1. The lowest BCUT2D eigenvalue weighted by Crippen LogP contribution is -2.46. The topological polar surface area (TPSA) is 79.5 Å². The van der Waals surface area contributed by atoms with E-state index in [9.17, 15) is 4.79 Å². The van der Waals surface area contributed by atoms with Crippen LogP contribution in [-0.4, -0.2) is 52.8 Å². The third kappa shape index (κ3) is 3.05. The second kappa shape index (κ2) is 6.50. The summed E-state index contributed by atoms with van der Waals surface area (Å²) in [6.07, 6.45) is 2.13. The highest BCUT2D eigenvalue weighted by Crippen LogP contribution is 2.31. The van der Waals surface area contributed by atoms with Gasteiger partial charge in [0.2, 0.25) is 6.10 Å². The fourth-order valence-corrected chi connectivity index (χ4v) is 3.69. The van der Waals surface area contributed by atoms with Gasteiger partial charge in [-0.15, -0.1) is 0 Å². The molecule has 138 valence electrons. The Morgan fingerprint density at radius 3 is 3.04 bits per heavy atom. The van der Waals surface area contributed by atoms with Crippen molar-refractivity contribution in [2.45, 2.75) is 18.6 Å². The number of aromatic amines is 1. The first kappa shape index (κ1) is 16.0. The lowest BCUT2D eigenvalue weighted by molar-refractivity contribution is -0.140. The molecule has 7 heteroatoms. The molecule has 0 aliphatic carbocycles. The van der Waals surface area contributed by atoms with Crippen LogP contribution in [0.15, 0.2) is 48.7 Å². The normalized spacial score (nSPS) is 21.4. The summed E-state index contributed by atoms with van der Waals surface area (Å²) in [5.74, 6) is 1.31. The fourth-order valence-electron chi connectivity index (χ4n) is 3.69. The van der Waals surface area contributed by atoms with Gasteiger partial charge in [0.05, 0.1) is 11.7 Å². The molecule has 0 radical (unpaired) electrons. The van der Waals surface area contributed by atoms with Gasteiger partial charge in [-0.25, -0.2) is 0 Å². The van der Waals surface area contributed by atoms with Crippen LogP contribution >= 0.6 is 0 Å². The molecule has 1 fully saturated rings. The van der Waals surface area contributed by atoms with E-state index >= 15 is 0 Å². The van der Waals surface area contributed by atoms with E-state index in [1.807, 2.05) is 47.5 Å². The van der Waals surface area contributed by atoms with E-state index in [4.69, 9.17) is 9.47 Å². The van der Waals surface area contributed by atoms with Crippen LogP contribution in [0.1, 0.15) is 6.42 Å². The number of H-pyrrole nitrogens is 1. The summed E-state index contributed by atoms with van der Waals surface area (Å²) in [6, 6.07) is 13.8. The zero-order valence-corrected chi connectivity index (χ0v) is 14.7. The zero-order chi connectivity index (χ0) is 18.2. The minimum atomic E-state index is -0.582. The quantitative estimate of drug-likeness (QED) is 0.746. The van der Waals surface area contributed by atoms with Crippen LogP contribution in [0, 0.1) is 0 Å². The van der Waals surface area contributed by atoms with E-state index < -0.39 is 6.10 Å². The van der Waals surface area contributed by atoms with E-state index in [1.54, 1.807) is 0 Å². The molecule has 7 nitrogen and oxygen atoms in total. The molecule has 5 rings (SSSR count). The molecule has 0 spiro atoms. The number of likely N-dealkylation sites (tertiary alicyclic amines) is 1. The van der Waals surface area contributed by atoms with Crippen molar-refractivity contribution >= 4 is 22.5 Å². The average Bonchev–Trinajstić information content (AvgIpc) is 3.36. The predicted molar refractivity (Wildman–Crippen MR) is 101 cm³/mol. The first-order chi connectivity index (χ1) is 13.3. The molecule has 2 unspecified atom stereocenters. The first-order valence-electron chi connectivity index (χ1n) is 9.13. The maximum atomic E-state index is 12.8. The van der Waals surface area contributed by atoms with E-state index in [0.717, 1.165) is 23.0 Å². The Kier molecular flexibility index (Phi) is 3.85. The summed E-state index contributed by atoms with van der Waals surface area (Å²) in [5, 5.41) is 11.6. The highest BCUT2D eigenvalue weighted by atomic mass is 16.6. The van der Waals surface area contributed by atoms with Crippen molar-refractivity contribution in [3.05, 3.63) is 48.7 Å². The third-order valence-electron chi connectivity index (χ3n) is 5.09. The molecule has 2 N–H and O–H groups in total. The highest BCUT2D eigenvalue weighted by molar-refractivity contribution is 5.83. The highest BCUT2D eigenvalue weighted by Gasteiger charge is 2.34. The van der Waals surface area contributed by atoms with Crippen molar-refractivity contribution < 1.29 is 14.3 Å². The van der Waals surface area contributed by atoms with Crippen molar-refractivity contribution in [2.24, 2.45) is 0 Å². The second-order valence-corrected chi connectivity index (χ2v) is 6.95. The molecule has 1 saturated heterocycles. The van der Waals surface area contributed by atoms with Gasteiger partial charge in [-0.3, -0.25) is 9.89 Å². The molecule has 1 amide bonds. The largest absolute Gasteiger partial charge is 0.485 e. The number of ether oxygens (including phenoxy) is 2. The van der Waals surface area contributed by atoms with Crippen LogP contribution in [-0.2, 0) is 4.79 Å². The number of hydrogen-bond donors (Lipinski definition) is 2. The molecule has 0 saturated carbocycles. The zero-order valence-electron chi connectivity index (χ0n) is 14.7. The number of rotatable bonds is 3. The number of hydrogen-bond acceptors (Lipinski definition) is 5. The molecule has 0 bridgehead atoms. The van der Waals surface area contributed by atoms with Crippen LogP contribution in [0.4, 0.5) is 5.69 Å². The molecular formula is C20H20N4O3. The van der Waals surface area contributed by atoms with Gasteiger partial charge in [-0.2, -0.15) is 5.10 Å². The Morgan fingerprint density at radius 2 is 2.11 bits per heavy atom. The van der Waals surface area contributed by atoms with Gasteiger partial charge < -0.3 is 19.7 Å². The van der Waals surface area contributed by atoms with Crippen molar-refractivity contribution in [2.75, 3.05) is 25.0 Å². The van der Waals surface area contributed by atoms with Gasteiger partial charge in [0.1, 0.15) is 6.61 Å². The Hall–Kier alpha value is -3.22. The lowest BCUT2D eigenvalue weighted by atomic mass is 10.2. The van der Waals surface area contributed by atoms with Crippen molar-refractivity contribution in [1.82, 2.24) is 15.1 Å². The molecule has 2 aromatic carbocycles. The Bertz CT molecular complexity index is 986. The summed E-state index contributed by atoms with van der Waals surface area (Å²) in [5.41, 5.74) is 2.05. The van der Waals surface area contributed by atoms with Crippen LogP contribution in [0.3, 0.4) is 0 Å². The number of nitrogens with zero attached hydrogens (tertiary/aromatic N) is 2. The molecule has 2 atom stereocenters. The van der Waals surface area contributed by atoms with Gasteiger partial charge in [-0.05, 0) is 36.8 Å². The predicted octanol–water partition coefficient (Wildman–Crippen LogP) is 2.42. The van der Waals surface area contributed by atoms with E-state index in [1.165, 1.54) is 0 Å². The SMILES string of the molecule is O=C(C1COc2ccccc2O1)N1CCC(Nc2ccc3[nH]ncc3c2)C1. The number of benzene rings is 2. The minimum absolute atomic E-state index is 0.0147. The van der Waals surface area contributed by atoms with E-state index in [-0.39, 0.29) is 18.6 Å². The van der Waals surface area contributed by atoms with Crippen LogP contribution < -0.4 is 14.8 Å². The maximum Gasteiger partial charge on any atom is 0.267 e. The number of amides is 1. The van der Waals surface area contributed by atoms with Crippen molar-refractivity contribution in [3.63, 3.8) is 0 Å². The van der Waals surface area contributed by atoms with Crippen molar-refractivity contribution in [3.8, 4) is 11.5 Å². The number of carbonyl (C=O) groups is 1. The second-order valence-electron chi connectivity index (χ2n) is 6.95. The Balaban J connectivity index is 1.22. The molecule has 2 aliphatic heterocycles. The fraction of sp³-hybridized carbons (Fsp3) is 0.300. The minimum Gasteiger partial charge on any atom is -0.485 e. The molecule has 1 aromatic heterocycles.